The van der Waals surface area contributed by atoms with E-state index in [0.29, 0.717) is 5.69 Å². The first kappa shape index (κ1) is 24.6. The minimum Gasteiger partial charge on any atom is -0.280 e. The number of para-hydroxylation sites is 2. The number of amides is 1. The molecule has 0 radical (unpaired) electrons. The van der Waals surface area contributed by atoms with Gasteiger partial charge in [-0.1, -0.05) is 54.1 Å². The summed E-state index contributed by atoms with van der Waals surface area (Å²) in [4.78, 5) is 16.3. The first-order valence-electron chi connectivity index (χ1n) is 11.1. The number of nitrogens with one attached hydrogen (secondary N) is 1. The van der Waals surface area contributed by atoms with Crippen molar-refractivity contribution in [2.24, 2.45) is 0 Å². The summed E-state index contributed by atoms with van der Waals surface area (Å²) in [7, 11) is -3.67. The Balaban J connectivity index is 1.48. The molecule has 0 aliphatic carbocycles. The lowest BCUT2D eigenvalue weighted by molar-refractivity contribution is -0.117. The summed E-state index contributed by atoms with van der Waals surface area (Å²) in [5, 5.41) is -0.370. The molecule has 35 heavy (non-hydrogen) atoms. The fraction of sp³-hybridized carbons (Fsp3) is 0.107. The molecule has 1 amide bonds. The van der Waals surface area contributed by atoms with E-state index in [1.165, 1.54) is 11.8 Å². The Morgan fingerprint density at radius 2 is 1.29 bits per heavy atom. The molecule has 0 saturated carbocycles. The molecule has 0 saturated heterocycles. The van der Waals surface area contributed by atoms with Gasteiger partial charge in [-0.25, -0.2) is 8.42 Å². The van der Waals surface area contributed by atoms with Crippen LogP contribution in [0.3, 0.4) is 0 Å². The quantitative estimate of drug-likeness (QED) is 0.274. The predicted octanol–water partition coefficient (Wildman–Crippen LogP) is 6.64. The van der Waals surface area contributed by atoms with Crippen LogP contribution in [0, 0.1) is 6.92 Å². The maximum absolute atomic E-state index is 13.5. The van der Waals surface area contributed by atoms with Gasteiger partial charge in [-0.3, -0.25) is 14.4 Å². The number of hydrogen-bond donors (Lipinski definition) is 1. The molecule has 4 rings (SSSR count). The molecule has 1 N–H and O–H groups in total. The van der Waals surface area contributed by atoms with Crippen molar-refractivity contribution in [2.45, 2.75) is 28.9 Å². The first-order valence-corrected chi connectivity index (χ1v) is 13.5. The van der Waals surface area contributed by atoms with E-state index < -0.39 is 10.0 Å². The number of carbonyl (C=O) groups excluding carboxylic acids is 1. The number of benzene rings is 4. The topological polar surface area (TPSA) is 66.5 Å². The molecule has 1 atom stereocenters. The molecule has 0 aliphatic heterocycles. The molecule has 178 valence electrons. The summed E-state index contributed by atoms with van der Waals surface area (Å²) >= 11 is 1.43. The average Bonchev–Trinajstić information content (AvgIpc) is 2.87. The van der Waals surface area contributed by atoms with Gasteiger partial charge in [0.2, 0.25) is 5.91 Å². The molecular formula is C28H26N2O3S2. The minimum absolute atomic E-state index is 0.0449. The predicted molar refractivity (Wildman–Crippen MR) is 144 cm³/mol. The second-order valence-electron chi connectivity index (χ2n) is 8.05. The SMILES string of the molecule is Cc1ccc(S(=O)(=O)Nc2ccc(SC(C)C(=O)N(c3ccccc3)c3ccccc3)cc2)cc1. The van der Waals surface area contributed by atoms with Gasteiger partial charge >= 0.3 is 0 Å². The maximum Gasteiger partial charge on any atom is 0.261 e. The van der Waals surface area contributed by atoms with E-state index in [0.717, 1.165) is 21.8 Å². The van der Waals surface area contributed by atoms with Crippen LogP contribution in [-0.4, -0.2) is 19.6 Å². The van der Waals surface area contributed by atoms with Gasteiger partial charge in [0.15, 0.2) is 0 Å². The molecule has 0 bridgehead atoms. The number of anilines is 3. The van der Waals surface area contributed by atoms with E-state index in [2.05, 4.69) is 4.72 Å². The van der Waals surface area contributed by atoms with Crippen LogP contribution in [0.2, 0.25) is 0 Å². The molecule has 0 heterocycles. The number of sulfonamides is 1. The Kier molecular flexibility index (Phi) is 7.58. The van der Waals surface area contributed by atoms with Crippen LogP contribution < -0.4 is 9.62 Å². The first-order chi connectivity index (χ1) is 16.8. The Morgan fingerprint density at radius 3 is 1.80 bits per heavy atom. The van der Waals surface area contributed by atoms with E-state index in [1.54, 1.807) is 41.3 Å². The Hall–Kier alpha value is -3.55. The monoisotopic (exact) mass is 502 g/mol. The third-order valence-electron chi connectivity index (χ3n) is 5.35. The van der Waals surface area contributed by atoms with Crippen molar-refractivity contribution in [3.05, 3.63) is 115 Å². The third kappa shape index (κ3) is 6.12. The molecule has 4 aromatic rings. The van der Waals surface area contributed by atoms with Gasteiger partial charge in [0.25, 0.3) is 10.0 Å². The normalized spacial score (nSPS) is 12.1. The second-order valence-corrected chi connectivity index (χ2v) is 11.1. The van der Waals surface area contributed by atoms with Crippen molar-refractivity contribution in [2.75, 3.05) is 9.62 Å². The van der Waals surface area contributed by atoms with E-state index in [1.807, 2.05) is 86.6 Å². The molecule has 7 heteroatoms. The summed E-state index contributed by atoms with van der Waals surface area (Å²) in [6.07, 6.45) is 0. The third-order valence-corrected chi connectivity index (χ3v) is 7.84. The lowest BCUT2D eigenvalue weighted by Crippen LogP contribution is -2.32. The average molecular weight is 503 g/mol. The zero-order valence-corrected chi connectivity index (χ0v) is 21.1. The Morgan fingerprint density at radius 1 is 0.771 bits per heavy atom. The molecule has 1 unspecified atom stereocenters. The fourth-order valence-electron chi connectivity index (χ4n) is 3.53. The molecule has 0 fully saturated rings. The summed E-state index contributed by atoms with van der Waals surface area (Å²) in [6, 6.07) is 32.9. The fourth-order valence-corrected chi connectivity index (χ4v) is 5.49. The summed E-state index contributed by atoms with van der Waals surface area (Å²) in [5.74, 6) is -0.0449. The van der Waals surface area contributed by atoms with Crippen LogP contribution in [0.15, 0.2) is 119 Å². The van der Waals surface area contributed by atoms with Crippen LogP contribution >= 0.6 is 11.8 Å². The molecule has 0 aromatic heterocycles. The number of carbonyl (C=O) groups is 1. The summed E-state index contributed by atoms with van der Waals surface area (Å²) < 4.78 is 27.9. The van der Waals surface area contributed by atoms with E-state index in [4.69, 9.17) is 0 Å². The van der Waals surface area contributed by atoms with Crippen LogP contribution in [0.1, 0.15) is 12.5 Å². The highest BCUT2D eigenvalue weighted by molar-refractivity contribution is 8.00. The van der Waals surface area contributed by atoms with E-state index in [-0.39, 0.29) is 16.1 Å². The van der Waals surface area contributed by atoms with Gasteiger partial charge in [0.1, 0.15) is 0 Å². The van der Waals surface area contributed by atoms with Crippen molar-refractivity contribution in [1.82, 2.24) is 0 Å². The van der Waals surface area contributed by atoms with Gasteiger partial charge < -0.3 is 0 Å². The number of hydrogen-bond acceptors (Lipinski definition) is 4. The van der Waals surface area contributed by atoms with E-state index in [9.17, 15) is 13.2 Å². The maximum atomic E-state index is 13.5. The van der Waals surface area contributed by atoms with Gasteiger partial charge in [0.05, 0.1) is 10.1 Å². The van der Waals surface area contributed by atoms with Gasteiger partial charge in [-0.05, 0) is 74.5 Å². The highest BCUT2D eigenvalue weighted by Crippen LogP contribution is 2.31. The van der Waals surface area contributed by atoms with Gasteiger partial charge in [-0.15, -0.1) is 11.8 Å². The minimum atomic E-state index is -3.67. The van der Waals surface area contributed by atoms with Crippen molar-refractivity contribution < 1.29 is 13.2 Å². The lowest BCUT2D eigenvalue weighted by atomic mass is 10.2. The summed E-state index contributed by atoms with van der Waals surface area (Å²) in [6.45, 7) is 3.78. The smallest absolute Gasteiger partial charge is 0.261 e. The highest BCUT2D eigenvalue weighted by Gasteiger charge is 2.24. The van der Waals surface area contributed by atoms with Crippen molar-refractivity contribution >= 4 is 44.8 Å². The Bertz CT molecular complexity index is 1330. The standard InChI is InChI=1S/C28H26N2O3S2/c1-21-13-19-27(20-14-21)35(32,33)29-23-15-17-26(18-16-23)34-22(2)28(31)30(24-9-5-3-6-10-24)25-11-7-4-8-12-25/h3-20,22,29H,1-2H3. The summed E-state index contributed by atoms with van der Waals surface area (Å²) in [5.41, 5.74) is 3.06. The number of nitrogens with zero attached hydrogens (tertiary/aromatic N) is 1. The Labute approximate surface area is 210 Å². The zero-order chi connectivity index (χ0) is 24.8. The molecular weight excluding hydrogens is 476 g/mol. The molecule has 0 aliphatic rings. The van der Waals surface area contributed by atoms with Gasteiger partial charge in [0, 0.05) is 22.0 Å². The van der Waals surface area contributed by atoms with Crippen molar-refractivity contribution in [3.8, 4) is 0 Å². The second kappa shape index (κ2) is 10.8. The molecule has 0 spiro atoms. The van der Waals surface area contributed by atoms with Crippen LogP contribution in [0.5, 0.6) is 0 Å². The molecule has 5 nitrogen and oxygen atoms in total. The van der Waals surface area contributed by atoms with Crippen LogP contribution in [-0.2, 0) is 14.8 Å². The number of rotatable bonds is 8. The largest absolute Gasteiger partial charge is 0.280 e. The zero-order valence-electron chi connectivity index (χ0n) is 19.5. The van der Waals surface area contributed by atoms with Crippen LogP contribution in [0.25, 0.3) is 0 Å². The van der Waals surface area contributed by atoms with Gasteiger partial charge in [-0.2, -0.15) is 0 Å². The van der Waals surface area contributed by atoms with E-state index >= 15 is 0 Å². The van der Waals surface area contributed by atoms with Crippen LogP contribution in [0.4, 0.5) is 17.1 Å². The lowest BCUT2D eigenvalue weighted by Gasteiger charge is -2.26. The highest BCUT2D eigenvalue weighted by atomic mass is 32.2. The number of aryl methyl sites for hydroxylation is 1. The van der Waals surface area contributed by atoms with Crippen molar-refractivity contribution in [3.63, 3.8) is 0 Å². The van der Waals surface area contributed by atoms with Crippen molar-refractivity contribution in [1.29, 1.82) is 0 Å². The molecule has 4 aromatic carbocycles. The number of thioether (sulfide) groups is 1.